The molecule has 3 heterocycles. The number of rotatable bonds is 4. The minimum absolute atomic E-state index is 0.457. The van der Waals surface area contributed by atoms with Crippen LogP contribution in [0.2, 0.25) is 0 Å². The molecule has 1 aromatic carbocycles. The Labute approximate surface area is 141 Å². The monoisotopic (exact) mass is 322 g/mol. The Kier molecular flexibility index (Phi) is 4.53. The van der Waals surface area contributed by atoms with Gasteiger partial charge in [0.05, 0.1) is 18.9 Å². The minimum Gasteiger partial charge on any atom is -0.380 e. The molecule has 3 aromatic rings. The molecule has 5 nitrogen and oxygen atoms in total. The Morgan fingerprint density at radius 3 is 3.17 bits per heavy atom. The van der Waals surface area contributed by atoms with E-state index >= 15 is 0 Å². The van der Waals surface area contributed by atoms with Crippen LogP contribution in [0.5, 0.6) is 0 Å². The van der Waals surface area contributed by atoms with Gasteiger partial charge in [0.2, 0.25) is 0 Å². The summed E-state index contributed by atoms with van der Waals surface area (Å²) in [5.41, 5.74) is 3.58. The molecule has 1 aliphatic rings. The van der Waals surface area contributed by atoms with Crippen LogP contribution in [-0.4, -0.2) is 46.2 Å². The number of fused-ring (bicyclic) bond motifs is 1. The molecule has 0 radical (unpaired) electrons. The summed E-state index contributed by atoms with van der Waals surface area (Å²) in [6, 6.07) is 8.76. The van der Waals surface area contributed by atoms with Gasteiger partial charge in [-0.05, 0) is 29.5 Å². The zero-order valence-corrected chi connectivity index (χ0v) is 13.7. The van der Waals surface area contributed by atoms with Gasteiger partial charge in [-0.25, -0.2) is 0 Å². The number of nitrogens with zero attached hydrogens (tertiary/aromatic N) is 3. The smallest absolute Gasteiger partial charge is 0.0593 e. The lowest BCUT2D eigenvalue weighted by Crippen LogP contribution is -2.30. The Balaban J connectivity index is 1.43. The fraction of sp³-hybridized carbons (Fsp3) is 0.368. The third kappa shape index (κ3) is 3.63. The zero-order valence-electron chi connectivity index (χ0n) is 13.7. The highest BCUT2D eigenvalue weighted by Crippen LogP contribution is 2.18. The van der Waals surface area contributed by atoms with Crippen LogP contribution >= 0.6 is 0 Å². The lowest BCUT2D eigenvalue weighted by molar-refractivity contribution is 0.121. The maximum atomic E-state index is 5.81. The second-order valence-corrected chi connectivity index (χ2v) is 6.48. The molecule has 24 heavy (non-hydrogen) atoms. The molecule has 4 rings (SSSR count). The minimum atomic E-state index is 0.457. The van der Waals surface area contributed by atoms with Crippen molar-refractivity contribution < 1.29 is 4.74 Å². The summed E-state index contributed by atoms with van der Waals surface area (Å²) in [5.74, 6) is 0.457. The molecule has 0 saturated carbocycles. The molecule has 0 unspecified atom stereocenters. The summed E-state index contributed by atoms with van der Waals surface area (Å²) in [6.45, 7) is 4.54. The number of hydrogen-bond donors (Lipinski definition) is 1. The summed E-state index contributed by atoms with van der Waals surface area (Å²) in [6.07, 6.45) is 8.24. The van der Waals surface area contributed by atoms with Gasteiger partial charge in [0, 0.05) is 55.9 Å². The number of H-pyrrole nitrogens is 1. The molecule has 124 valence electrons. The van der Waals surface area contributed by atoms with Crippen LogP contribution in [0.1, 0.15) is 11.3 Å². The molecule has 5 heteroatoms. The summed E-state index contributed by atoms with van der Waals surface area (Å²) in [4.78, 5) is 14.3. The van der Waals surface area contributed by atoms with E-state index in [0.29, 0.717) is 5.92 Å². The van der Waals surface area contributed by atoms with Crippen LogP contribution < -0.4 is 0 Å². The molecule has 1 fully saturated rings. The Hall–Kier alpha value is -2.24. The van der Waals surface area contributed by atoms with E-state index < -0.39 is 0 Å². The first kappa shape index (κ1) is 15.3. The quantitative estimate of drug-likeness (QED) is 0.802. The van der Waals surface area contributed by atoms with Crippen LogP contribution in [0.25, 0.3) is 10.9 Å². The summed E-state index contributed by atoms with van der Waals surface area (Å²) in [7, 11) is 0. The van der Waals surface area contributed by atoms with Crippen LogP contribution in [0.4, 0.5) is 0 Å². The van der Waals surface area contributed by atoms with E-state index in [9.17, 15) is 0 Å². The number of benzene rings is 1. The van der Waals surface area contributed by atoms with Crippen molar-refractivity contribution in [3.05, 3.63) is 60.3 Å². The molecular formula is C19H22N4O. The van der Waals surface area contributed by atoms with Crippen molar-refractivity contribution in [2.75, 3.05) is 26.3 Å². The van der Waals surface area contributed by atoms with Gasteiger partial charge >= 0.3 is 0 Å². The second-order valence-electron chi connectivity index (χ2n) is 6.48. The maximum absolute atomic E-state index is 5.81. The zero-order chi connectivity index (χ0) is 16.2. The van der Waals surface area contributed by atoms with Gasteiger partial charge in [0.1, 0.15) is 0 Å². The van der Waals surface area contributed by atoms with E-state index in [1.165, 1.54) is 16.5 Å². The topological polar surface area (TPSA) is 54.0 Å². The normalized spacial score (nSPS) is 19.4. The lowest BCUT2D eigenvalue weighted by atomic mass is 10.0. The predicted molar refractivity (Wildman–Crippen MR) is 93.6 cm³/mol. The Bertz CT molecular complexity index is 786. The lowest BCUT2D eigenvalue weighted by Gasteiger charge is -2.23. The average molecular weight is 322 g/mol. The van der Waals surface area contributed by atoms with Crippen molar-refractivity contribution >= 4 is 10.9 Å². The fourth-order valence-corrected chi connectivity index (χ4v) is 3.40. The molecule has 1 N–H and O–H groups in total. The standard InChI is InChI=1S/C19H22N4O/c1-2-17-3-4-22-19(17)10-15(1)12-23-7-8-24-14-16(13-23)9-18-11-20-5-6-21-18/h1-6,10-11,16,22H,7-9,12-14H2/t16-/m1/s1. The van der Waals surface area contributed by atoms with Crippen molar-refractivity contribution in [2.24, 2.45) is 5.92 Å². The van der Waals surface area contributed by atoms with Crippen LogP contribution in [-0.2, 0) is 17.7 Å². The van der Waals surface area contributed by atoms with Gasteiger partial charge < -0.3 is 9.72 Å². The molecule has 0 spiro atoms. The first-order valence-electron chi connectivity index (χ1n) is 8.48. The van der Waals surface area contributed by atoms with E-state index in [-0.39, 0.29) is 0 Å². The number of aromatic amines is 1. The largest absolute Gasteiger partial charge is 0.380 e. The Morgan fingerprint density at radius 1 is 1.25 bits per heavy atom. The van der Waals surface area contributed by atoms with Crippen LogP contribution in [0, 0.1) is 5.92 Å². The first-order chi connectivity index (χ1) is 11.9. The van der Waals surface area contributed by atoms with Gasteiger partial charge in [-0.2, -0.15) is 0 Å². The molecule has 0 amide bonds. The van der Waals surface area contributed by atoms with Gasteiger partial charge in [0.25, 0.3) is 0 Å². The van der Waals surface area contributed by atoms with Crippen molar-refractivity contribution in [1.29, 1.82) is 0 Å². The van der Waals surface area contributed by atoms with E-state index in [0.717, 1.165) is 45.0 Å². The van der Waals surface area contributed by atoms with E-state index in [2.05, 4.69) is 44.1 Å². The molecular weight excluding hydrogens is 300 g/mol. The molecule has 1 saturated heterocycles. The summed E-state index contributed by atoms with van der Waals surface area (Å²) < 4.78 is 5.81. The van der Waals surface area contributed by atoms with Crippen molar-refractivity contribution in [3.8, 4) is 0 Å². The second kappa shape index (κ2) is 7.11. The van der Waals surface area contributed by atoms with Crippen molar-refractivity contribution in [1.82, 2.24) is 19.9 Å². The first-order valence-corrected chi connectivity index (χ1v) is 8.48. The summed E-state index contributed by atoms with van der Waals surface area (Å²) >= 11 is 0. The van der Waals surface area contributed by atoms with E-state index in [1.54, 1.807) is 12.4 Å². The fourth-order valence-electron chi connectivity index (χ4n) is 3.40. The van der Waals surface area contributed by atoms with E-state index in [1.807, 2.05) is 12.4 Å². The summed E-state index contributed by atoms with van der Waals surface area (Å²) in [5, 5.41) is 1.26. The van der Waals surface area contributed by atoms with Gasteiger partial charge in [0.15, 0.2) is 0 Å². The highest BCUT2D eigenvalue weighted by Gasteiger charge is 2.20. The van der Waals surface area contributed by atoms with Gasteiger partial charge in [-0.1, -0.05) is 12.1 Å². The highest BCUT2D eigenvalue weighted by molar-refractivity contribution is 5.79. The third-order valence-corrected chi connectivity index (χ3v) is 4.56. The maximum Gasteiger partial charge on any atom is 0.0593 e. The number of aromatic nitrogens is 3. The molecule has 1 aliphatic heterocycles. The molecule has 2 aromatic heterocycles. The van der Waals surface area contributed by atoms with Crippen molar-refractivity contribution in [2.45, 2.75) is 13.0 Å². The third-order valence-electron chi connectivity index (χ3n) is 4.56. The van der Waals surface area contributed by atoms with Gasteiger partial charge in [-0.15, -0.1) is 0 Å². The van der Waals surface area contributed by atoms with Crippen molar-refractivity contribution in [3.63, 3.8) is 0 Å². The Morgan fingerprint density at radius 2 is 2.25 bits per heavy atom. The number of hydrogen-bond acceptors (Lipinski definition) is 4. The average Bonchev–Trinajstić information content (AvgIpc) is 2.96. The highest BCUT2D eigenvalue weighted by atomic mass is 16.5. The number of nitrogens with one attached hydrogen (secondary N) is 1. The molecule has 1 atom stereocenters. The van der Waals surface area contributed by atoms with Gasteiger partial charge in [-0.3, -0.25) is 14.9 Å². The van der Waals surface area contributed by atoms with Crippen LogP contribution in [0.3, 0.4) is 0 Å². The predicted octanol–water partition coefficient (Wildman–Crippen LogP) is 2.65. The van der Waals surface area contributed by atoms with Crippen LogP contribution in [0.15, 0.2) is 49.1 Å². The number of ether oxygens (including phenoxy) is 1. The molecule has 0 bridgehead atoms. The van der Waals surface area contributed by atoms with E-state index in [4.69, 9.17) is 4.74 Å². The SMILES string of the molecule is c1cnc(C[C@H]2COCCN(Cc3ccc4cc[nH]c4c3)C2)cn1. The molecule has 0 aliphatic carbocycles.